The van der Waals surface area contributed by atoms with E-state index in [9.17, 15) is 18.0 Å². The number of para-hydroxylation sites is 1. The van der Waals surface area contributed by atoms with Crippen molar-refractivity contribution in [1.29, 1.82) is 0 Å². The minimum Gasteiger partial charge on any atom is -0.340 e. The monoisotopic (exact) mass is 433 g/mol. The summed E-state index contributed by atoms with van der Waals surface area (Å²) in [6.07, 6.45) is 0.0913. The smallest absolute Gasteiger partial charge is 0.244 e. The number of piperazine rings is 1. The molecule has 1 atom stereocenters. The van der Waals surface area contributed by atoms with E-state index in [1.54, 1.807) is 29.2 Å². The number of carbonyl (C=O) groups is 2. The standard InChI is InChI=1S/C20H20ClN3O4S/c21-16-6-2-4-8-18(16)29(27,28)24-11-9-23(10-12-24)20(26)15-13-19(25)22-17-7-3-1-5-14(15)17/h1-8,15H,9-13H2,(H,22,25)/t15-/m0/s1. The Morgan fingerprint density at radius 1 is 1.00 bits per heavy atom. The molecule has 4 rings (SSSR count). The average Bonchev–Trinajstić information content (AvgIpc) is 2.73. The molecule has 1 saturated heterocycles. The highest BCUT2D eigenvalue weighted by molar-refractivity contribution is 7.89. The van der Waals surface area contributed by atoms with Crippen LogP contribution in [0.25, 0.3) is 0 Å². The molecule has 2 aliphatic heterocycles. The van der Waals surface area contributed by atoms with Crippen molar-refractivity contribution < 1.29 is 18.0 Å². The molecule has 0 saturated carbocycles. The molecule has 152 valence electrons. The Balaban J connectivity index is 1.48. The Morgan fingerprint density at radius 2 is 1.66 bits per heavy atom. The van der Waals surface area contributed by atoms with E-state index in [2.05, 4.69) is 5.32 Å². The van der Waals surface area contributed by atoms with Crippen LogP contribution in [-0.2, 0) is 19.6 Å². The van der Waals surface area contributed by atoms with Crippen molar-refractivity contribution >= 4 is 39.1 Å². The van der Waals surface area contributed by atoms with Gasteiger partial charge in [-0.15, -0.1) is 0 Å². The van der Waals surface area contributed by atoms with Gasteiger partial charge in [0.2, 0.25) is 21.8 Å². The van der Waals surface area contributed by atoms with Gasteiger partial charge in [-0.3, -0.25) is 9.59 Å². The maximum absolute atomic E-state index is 13.1. The molecule has 2 heterocycles. The van der Waals surface area contributed by atoms with Crippen molar-refractivity contribution in [3.05, 3.63) is 59.1 Å². The summed E-state index contributed by atoms with van der Waals surface area (Å²) in [6, 6.07) is 13.6. The number of amides is 2. The number of carbonyl (C=O) groups excluding carboxylic acids is 2. The number of hydrogen-bond acceptors (Lipinski definition) is 4. The summed E-state index contributed by atoms with van der Waals surface area (Å²) in [4.78, 5) is 26.8. The van der Waals surface area contributed by atoms with Gasteiger partial charge in [-0.25, -0.2) is 8.42 Å². The summed E-state index contributed by atoms with van der Waals surface area (Å²) in [5, 5.41) is 2.97. The molecule has 0 aliphatic carbocycles. The fraction of sp³-hybridized carbons (Fsp3) is 0.300. The lowest BCUT2D eigenvalue weighted by Crippen LogP contribution is -2.52. The van der Waals surface area contributed by atoms with E-state index in [0.717, 1.165) is 5.56 Å². The molecule has 29 heavy (non-hydrogen) atoms. The van der Waals surface area contributed by atoms with E-state index in [1.165, 1.54) is 10.4 Å². The third kappa shape index (κ3) is 3.75. The number of halogens is 1. The molecule has 0 unspecified atom stereocenters. The molecule has 0 spiro atoms. The van der Waals surface area contributed by atoms with Gasteiger partial charge in [0.25, 0.3) is 0 Å². The molecule has 2 aromatic carbocycles. The molecular formula is C20H20ClN3O4S. The van der Waals surface area contributed by atoms with E-state index in [-0.39, 0.29) is 54.3 Å². The van der Waals surface area contributed by atoms with Crippen LogP contribution in [0.5, 0.6) is 0 Å². The highest BCUT2D eigenvalue weighted by atomic mass is 35.5. The minimum atomic E-state index is -3.72. The fourth-order valence-electron chi connectivity index (χ4n) is 3.79. The predicted molar refractivity (Wildman–Crippen MR) is 109 cm³/mol. The molecule has 9 heteroatoms. The highest BCUT2D eigenvalue weighted by Crippen LogP contribution is 2.34. The van der Waals surface area contributed by atoms with Gasteiger partial charge >= 0.3 is 0 Å². The second-order valence-corrected chi connectivity index (χ2v) is 9.37. The first kappa shape index (κ1) is 19.9. The topological polar surface area (TPSA) is 86.8 Å². The molecule has 0 radical (unpaired) electrons. The van der Waals surface area contributed by atoms with Crippen molar-refractivity contribution in [3.63, 3.8) is 0 Å². The van der Waals surface area contributed by atoms with Crippen LogP contribution in [0.1, 0.15) is 17.9 Å². The largest absolute Gasteiger partial charge is 0.340 e. The predicted octanol–water partition coefficient (Wildman–Crippen LogP) is 2.30. The third-order valence-corrected chi connectivity index (χ3v) is 7.70. The normalized spacial score (nSPS) is 20.1. The van der Waals surface area contributed by atoms with Crippen LogP contribution in [0, 0.1) is 0 Å². The second kappa shape index (κ2) is 7.78. The number of anilines is 1. The second-order valence-electron chi connectivity index (χ2n) is 7.05. The van der Waals surface area contributed by atoms with Crippen LogP contribution in [0.3, 0.4) is 0 Å². The van der Waals surface area contributed by atoms with Crippen LogP contribution in [0.15, 0.2) is 53.4 Å². The molecular weight excluding hydrogens is 414 g/mol. The minimum absolute atomic E-state index is 0.0688. The zero-order valence-electron chi connectivity index (χ0n) is 15.5. The Morgan fingerprint density at radius 3 is 2.38 bits per heavy atom. The zero-order chi connectivity index (χ0) is 20.6. The fourth-order valence-corrected chi connectivity index (χ4v) is 5.71. The van der Waals surface area contributed by atoms with Crippen LogP contribution in [-0.4, -0.2) is 55.6 Å². The summed E-state index contributed by atoms with van der Waals surface area (Å²) in [5.41, 5.74) is 1.45. The summed E-state index contributed by atoms with van der Waals surface area (Å²) < 4.78 is 27.1. The molecule has 0 bridgehead atoms. The van der Waals surface area contributed by atoms with Gasteiger partial charge in [-0.05, 0) is 23.8 Å². The van der Waals surface area contributed by atoms with Crippen LogP contribution >= 0.6 is 11.6 Å². The maximum Gasteiger partial charge on any atom is 0.244 e. The molecule has 2 aromatic rings. The Bertz CT molecular complexity index is 1060. The summed E-state index contributed by atoms with van der Waals surface area (Å²) in [7, 11) is -3.72. The lowest BCUT2D eigenvalue weighted by molar-refractivity contribution is -0.136. The van der Waals surface area contributed by atoms with Crippen molar-refractivity contribution in [1.82, 2.24) is 9.21 Å². The number of sulfonamides is 1. The van der Waals surface area contributed by atoms with Crippen molar-refractivity contribution in [3.8, 4) is 0 Å². The van der Waals surface area contributed by atoms with Gasteiger partial charge < -0.3 is 10.2 Å². The Labute approximate surface area is 174 Å². The zero-order valence-corrected chi connectivity index (χ0v) is 17.1. The van der Waals surface area contributed by atoms with Gasteiger partial charge in [-0.1, -0.05) is 41.9 Å². The SMILES string of the molecule is O=C1C[C@H](C(=O)N2CCN(S(=O)(=O)c3ccccc3Cl)CC2)c2ccccc2N1. The Hall–Kier alpha value is -2.42. The van der Waals surface area contributed by atoms with Gasteiger partial charge in [0.05, 0.1) is 10.9 Å². The number of nitrogens with one attached hydrogen (secondary N) is 1. The third-order valence-electron chi connectivity index (χ3n) is 5.30. The first-order valence-corrected chi connectivity index (χ1v) is 11.1. The highest BCUT2D eigenvalue weighted by Gasteiger charge is 2.36. The van der Waals surface area contributed by atoms with Crippen molar-refractivity contribution in [2.45, 2.75) is 17.2 Å². The van der Waals surface area contributed by atoms with E-state index < -0.39 is 15.9 Å². The number of nitrogens with zero attached hydrogens (tertiary/aromatic N) is 2. The molecule has 2 amide bonds. The molecule has 0 aromatic heterocycles. The molecule has 2 aliphatic rings. The first-order chi connectivity index (χ1) is 13.9. The van der Waals surface area contributed by atoms with Crippen LogP contribution < -0.4 is 5.32 Å². The first-order valence-electron chi connectivity index (χ1n) is 9.30. The van der Waals surface area contributed by atoms with Crippen molar-refractivity contribution in [2.75, 3.05) is 31.5 Å². The molecule has 1 N–H and O–H groups in total. The van der Waals surface area contributed by atoms with Gasteiger partial charge in [0, 0.05) is 38.3 Å². The summed E-state index contributed by atoms with van der Waals surface area (Å²) >= 11 is 6.06. The van der Waals surface area contributed by atoms with Crippen molar-refractivity contribution in [2.24, 2.45) is 0 Å². The summed E-state index contributed by atoms with van der Waals surface area (Å²) in [6.45, 7) is 0.894. The number of benzene rings is 2. The van der Waals surface area contributed by atoms with E-state index in [4.69, 9.17) is 11.6 Å². The quantitative estimate of drug-likeness (QED) is 0.804. The molecule has 1 fully saturated rings. The van der Waals surface area contributed by atoms with E-state index >= 15 is 0 Å². The lowest BCUT2D eigenvalue weighted by atomic mass is 9.89. The maximum atomic E-state index is 13.1. The summed E-state index contributed by atoms with van der Waals surface area (Å²) in [5.74, 6) is -0.893. The van der Waals surface area contributed by atoms with Gasteiger partial charge in [0.1, 0.15) is 4.90 Å². The number of fused-ring (bicyclic) bond motifs is 1. The van der Waals surface area contributed by atoms with E-state index in [1.807, 2.05) is 18.2 Å². The average molecular weight is 434 g/mol. The van der Waals surface area contributed by atoms with E-state index in [0.29, 0.717) is 5.69 Å². The van der Waals surface area contributed by atoms with Crippen LogP contribution in [0.2, 0.25) is 5.02 Å². The Kier molecular flexibility index (Phi) is 5.33. The van der Waals surface area contributed by atoms with Crippen LogP contribution in [0.4, 0.5) is 5.69 Å². The van der Waals surface area contributed by atoms with Gasteiger partial charge in [0.15, 0.2) is 0 Å². The molecule has 7 nitrogen and oxygen atoms in total. The van der Waals surface area contributed by atoms with Gasteiger partial charge in [-0.2, -0.15) is 4.31 Å². The number of hydrogen-bond donors (Lipinski definition) is 1. The number of rotatable bonds is 3. The lowest BCUT2D eigenvalue weighted by Gasteiger charge is -2.37.